The number of ether oxygens (including phenoxy) is 1. The van der Waals surface area contributed by atoms with Crippen LogP contribution in [0, 0.1) is 0 Å². The molecule has 6 nitrogen and oxygen atoms in total. The zero-order chi connectivity index (χ0) is 17.5. The summed E-state index contributed by atoms with van der Waals surface area (Å²) < 4.78 is 5.23. The quantitative estimate of drug-likeness (QED) is 0.858. The highest BCUT2D eigenvalue weighted by Gasteiger charge is 2.16. The summed E-state index contributed by atoms with van der Waals surface area (Å²) in [5, 5.41) is 2.70. The summed E-state index contributed by atoms with van der Waals surface area (Å²) >= 11 is 0. The first-order chi connectivity index (χ1) is 11.6. The van der Waals surface area contributed by atoms with Gasteiger partial charge in [0, 0.05) is 18.8 Å². The van der Waals surface area contributed by atoms with E-state index in [9.17, 15) is 9.59 Å². The molecular weight excluding hydrogens is 306 g/mol. The first kappa shape index (κ1) is 17.2. The minimum absolute atomic E-state index is 0.216. The normalized spacial score (nSPS) is 10.5. The third kappa shape index (κ3) is 3.98. The van der Waals surface area contributed by atoms with Crippen molar-refractivity contribution in [2.45, 2.75) is 6.92 Å². The molecule has 0 unspecified atom stereocenters. The number of allylic oxidation sites excluding steroid dienone is 1. The molecule has 0 radical (unpaired) electrons. The third-order valence-corrected chi connectivity index (χ3v) is 3.36. The molecule has 0 spiro atoms. The van der Waals surface area contributed by atoms with E-state index in [1.54, 1.807) is 62.8 Å². The Morgan fingerprint density at radius 2 is 2.08 bits per heavy atom. The van der Waals surface area contributed by atoms with Crippen molar-refractivity contribution in [3.05, 3.63) is 60.4 Å². The number of rotatable bonds is 5. The minimum atomic E-state index is -0.291. The van der Waals surface area contributed by atoms with Crippen LogP contribution in [0.15, 0.2) is 54.9 Å². The van der Waals surface area contributed by atoms with Gasteiger partial charge in [0.1, 0.15) is 5.75 Å². The Hall–Kier alpha value is -3.15. The van der Waals surface area contributed by atoms with Crippen molar-refractivity contribution in [3.8, 4) is 5.75 Å². The van der Waals surface area contributed by atoms with E-state index in [1.165, 1.54) is 18.1 Å². The summed E-state index contributed by atoms with van der Waals surface area (Å²) in [6.07, 6.45) is 6.28. The SMILES string of the molecule is CC=CC(=O)Nc1cc(C(=O)N(C)c2cccnc2)ccc1OC. The number of methoxy groups -OCH3 is 1. The van der Waals surface area contributed by atoms with E-state index in [4.69, 9.17) is 4.74 Å². The highest BCUT2D eigenvalue weighted by atomic mass is 16.5. The van der Waals surface area contributed by atoms with Crippen LogP contribution in [0.3, 0.4) is 0 Å². The smallest absolute Gasteiger partial charge is 0.258 e. The van der Waals surface area contributed by atoms with Gasteiger partial charge in [0.05, 0.1) is 24.7 Å². The Kier molecular flexibility index (Phi) is 5.68. The lowest BCUT2D eigenvalue weighted by Crippen LogP contribution is -2.26. The Labute approximate surface area is 140 Å². The van der Waals surface area contributed by atoms with E-state index in [-0.39, 0.29) is 11.8 Å². The number of carbonyl (C=O) groups is 2. The second kappa shape index (κ2) is 7.92. The molecule has 0 atom stereocenters. The van der Waals surface area contributed by atoms with Crippen LogP contribution >= 0.6 is 0 Å². The topological polar surface area (TPSA) is 71.5 Å². The summed E-state index contributed by atoms with van der Waals surface area (Å²) in [4.78, 5) is 29.9. The van der Waals surface area contributed by atoms with E-state index >= 15 is 0 Å². The monoisotopic (exact) mass is 325 g/mol. The van der Waals surface area contributed by atoms with Crippen LogP contribution in [0.2, 0.25) is 0 Å². The predicted octanol–water partition coefficient (Wildman–Crippen LogP) is 2.88. The first-order valence-electron chi connectivity index (χ1n) is 7.36. The summed E-state index contributed by atoms with van der Waals surface area (Å²) in [7, 11) is 3.17. The molecule has 0 saturated heterocycles. The molecule has 1 aromatic carbocycles. The maximum absolute atomic E-state index is 12.6. The second-order valence-electron chi connectivity index (χ2n) is 4.98. The number of hydrogen-bond acceptors (Lipinski definition) is 4. The van der Waals surface area contributed by atoms with Gasteiger partial charge in [-0.25, -0.2) is 0 Å². The van der Waals surface area contributed by atoms with Crippen LogP contribution in [-0.2, 0) is 4.79 Å². The average molecular weight is 325 g/mol. The van der Waals surface area contributed by atoms with Gasteiger partial charge in [0.25, 0.3) is 5.91 Å². The van der Waals surface area contributed by atoms with E-state index < -0.39 is 0 Å². The fourth-order valence-corrected chi connectivity index (χ4v) is 2.13. The van der Waals surface area contributed by atoms with E-state index in [1.807, 2.05) is 0 Å². The minimum Gasteiger partial charge on any atom is -0.495 e. The van der Waals surface area contributed by atoms with E-state index in [0.717, 1.165) is 0 Å². The van der Waals surface area contributed by atoms with Crippen LogP contribution in [-0.4, -0.2) is 31.0 Å². The molecule has 2 amide bonds. The molecule has 0 aliphatic heterocycles. The van der Waals surface area contributed by atoms with Gasteiger partial charge in [-0.2, -0.15) is 0 Å². The lowest BCUT2D eigenvalue weighted by molar-refractivity contribution is -0.111. The van der Waals surface area contributed by atoms with Crippen molar-refractivity contribution in [2.75, 3.05) is 24.4 Å². The number of carbonyl (C=O) groups excluding carboxylic acids is 2. The lowest BCUT2D eigenvalue weighted by Gasteiger charge is -2.18. The fourth-order valence-electron chi connectivity index (χ4n) is 2.13. The van der Waals surface area contributed by atoms with Gasteiger partial charge in [0.15, 0.2) is 0 Å². The zero-order valence-electron chi connectivity index (χ0n) is 13.8. The van der Waals surface area contributed by atoms with Gasteiger partial charge in [-0.05, 0) is 43.3 Å². The fraction of sp³-hybridized carbons (Fsp3) is 0.167. The van der Waals surface area contributed by atoms with Gasteiger partial charge >= 0.3 is 0 Å². The number of aromatic nitrogens is 1. The second-order valence-corrected chi connectivity index (χ2v) is 4.98. The van der Waals surface area contributed by atoms with Crippen LogP contribution in [0.4, 0.5) is 11.4 Å². The summed E-state index contributed by atoms with van der Waals surface area (Å²) in [5.74, 6) is -0.0263. The van der Waals surface area contributed by atoms with Gasteiger partial charge in [-0.15, -0.1) is 0 Å². The van der Waals surface area contributed by atoms with Crippen molar-refractivity contribution >= 4 is 23.2 Å². The Bertz CT molecular complexity index is 757. The molecule has 0 aliphatic carbocycles. The van der Waals surface area contributed by atoms with Crippen molar-refractivity contribution in [1.29, 1.82) is 0 Å². The van der Waals surface area contributed by atoms with Gasteiger partial charge < -0.3 is 15.0 Å². The lowest BCUT2D eigenvalue weighted by atomic mass is 10.1. The molecule has 124 valence electrons. The number of hydrogen-bond donors (Lipinski definition) is 1. The van der Waals surface area contributed by atoms with Crippen molar-refractivity contribution in [1.82, 2.24) is 4.98 Å². The molecular formula is C18H19N3O3. The number of nitrogens with zero attached hydrogens (tertiary/aromatic N) is 2. The highest BCUT2D eigenvalue weighted by Crippen LogP contribution is 2.26. The van der Waals surface area contributed by atoms with Crippen molar-refractivity contribution in [3.63, 3.8) is 0 Å². The van der Waals surface area contributed by atoms with Gasteiger partial charge in [0.2, 0.25) is 5.91 Å². The molecule has 6 heteroatoms. The molecule has 1 aromatic heterocycles. The van der Waals surface area contributed by atoms with E-state index in [0.29, 0.717) is 22.7 Å². The predicted molar refractivity (Wildman–Crippen MR) is 93.4 cm³/mol. The molecule has 1 heterocycles. The molecule has 2 rings (SSSR count). The molecule has 0 fully saturated rings. The Morgan fingerprint density at radius 3 is 2.71 bits per heavy atom. The molecule has 0 bridgehead atoms. The van der Waals surface area contributed by atoms with Crippen LogP contribution < -0.4 is 15.0 Å². The standard InChI is InChI=1S/C18H19N3O3/c1-4-6-17(22)20-15-11-13(8-9-16(15)24-3)18(23)21(2)14-7-5-10-19-12-14/h4-12H,1-3H3,(H,20,22). The largest absolute Gasteiger partial charge is 0.495 e. The summed E-state index contributed by atoms with van der Waals surface area (Å²) in [6, 6.07) is 8.45. The first-order valence-corrected chi connectivity index (χ1v) is 7.36. The molecule has 0 aliphatic rings. The molecule has 2 aromatic rings. The number of benzene rings is 1. The third-order valence-electron chi connectivity index (χ3n) is 3.36. The summed E-state index contributed by atoms with van der Waals surface area (Å²) in [5.41, 5.74) is 1.54. The van der Waals surface area contributed by atoms with Crippen LogP contribution in [0.25, 0.3) is 0 Å². The molecule has 1 N–H and O–H groups in total. The average Bonchev–Trinajstić information content (AvgIpc) is 2.61. The zero-order valence-corrected chi connectivity index (χ0v) is 13.8. The number of nitrogens with one attached hydrogen (secondary N) is 1. The molecule has 24 heavy (non-hydrogen) atoms. The Morgan fingerprint density at radius 1 is 1.29 bits per heavy atom. The number of amides is 2. The van der Waals surface area contributed by atoms with Crippen LogP contribution in [0.5, 0.6) is 5.75 Å². The van der Waals surface area contributed by atoms with Gasteiger partial charge in [-0.1, -0.05) is 6.08 Å². The summed E-state index contributed by atoms with van der Waals surface area (Å²) in [6.45, 7) is 1.75. The van der Waals surface area contributed by atoms with Crippen molar-refractivity contribution < 1.29 is 14.3 Å². The van der Waals surface area contributed by atoms with Crippen molar-refractivity contribution in [2.24, 2.45) is 0 Å². The Balaban J connectivity index is 2.30. The van der Waals surface area contributed by atoms with Crippen LogP contribution in [0.1, 0.15) is 17.3 Å². The highest BCUT2D eigenvalue weighted by molar-refractivity contribution is 6.07. The van der Waals surface area contributed by atoms with E-state index in [2.05, 4.69) is 10.3 Å². The van der Waals surface area contributed by atoms with Gasteiger partial charge in [-0.3, -0.25) is 14.6 Å². The molecule has 0 saturated carbocycles. The maximum atomic E-state index is 12.6. The number of anilines is 2. The number of pyridine rings is 1. The maximum Gasteiger partial charge on any atom is 0.258 e.